The highest BCUT2D eigenvalue weighted by molar-refractivity contribution is 7.51. The number of hydrogen-bond donors (Lipinski definition) is 4. The average molecular weight is 793 g/mol. The summed E-state index contributed by atoms with van der Waals surface area (Å²) in [5.41, 5.74) is 4.12. The minimum absolute atomic E-state index is 0.0170. The third kappa shape index (κ3) is 11.2. The third-order valence-electron chi connectivity index (χ3n) is 8.26. The van der Waals surface area contributed by atoms with Gasteiger partial charge in [0, 0.05) is 23.8 Å². The number of rotatable bonds is 12. The lowest BCUT2D eigenvalue weighted by atomic mass is 9.93. The zero-order chi connectivity index (χ0) is 40.2. The van der Waals surface area contributed by atoms with Crippen LogP contribution in [-0.4, -0.2) is 89.7 Å². The van der Waals surface area contributed by atoms with Crippen LogP contribution >= 0.6 is 19.2 Å². The number of para-hydroxylation sites is 1. The van der Waals surface area contributed by atoms with Crippen LogP contribution in [0.5, 0.6) is 5.75 Å². The summed E-state index contributed by atoms with van der Waals surface area (Å²) in [5, 5.41) is 10.1. The van der Waals surface area contributed by atoms with Crippen molar-refractivity contribution < 1.29 is 57.3 Å². The standard InChI is InChI=1S/C19H15FN2O4.C14H20ClNO2.C3H8NO5P/c1-2-7-21-15-9-14(13(20)8-16(15)26-10-17(21)23)22-18(24)11-5-3-4-6-12(11)19(22)25;1-4-12-8-6-7-11(3)14(12)16(10-18-5-2)13(17)9-15;5-3(6)1-4-2-10(7,8)9/h1,8-9H,3-7,10H2;6-8H,4-5,9-10H2,1-3H3;4H,1-2H2,(H,5,6)(H2,7,8,9). The van der Waals surface area contributed by atoms with Gasteiger partial charge in [-0.25, -0.2) is 9.29 Å². The number of aliphatic carboxylic acids is 1. The summed E-state index contributed by atoms with van der Waals surface area (Å²) in [6.07, 6.45) is 8.28. The number of carbonyl (C=O) groups is 5. The molecule has 3 aliphatic rings. The van der Waals surface area contributed by atoms with Crippen LogP contribution in [0.25, 0.3) is 0 Å². The summed E-state index contributed by atoms with van der Waals surface area (Å²) in [6.45, 7) is 6.09. The molecule has 0 fully saturated rings. The van der Waals surface area contributed by atoms with Crippen molar-refractivity contribution in [3.05, 3.63) is 58.4 Å². The number of fused-ring (bicyclic) bond motifs is 1. The number of nitrogens with one attached hydrogen (secondary N) is 1. The molecule has 0 spiro atoms. The summed E-state index contributed by atoms with van der Waals surface area (Å²) in [5.74, 6) is -0.907. The van der Waals surface area contributed by atoms with Crippen LogP contribution in [0, 0.1) is 25.1 Å². The number of hydrogen-bond acceptors (Lipinski definition) is 9. The van der Waals surface area contributed by atoms with Gasteiger partial charge in [0.25, 0.3) is 17.7 Å². The van der Waals surface area contributed by atoms with E-state index in [1.54, 1.807) is 4.90 Å². The van der Waals surface area contributed by atoms with Gasteiger partial charge in [-0.15, -0.1) is 18.0 Å². The highest BCUT2D eigenvalue weighted by Gasteiger charge is 2.41. The number of carboxylic acids is 1. The summed E-state index contributed by atoms with van der Waals surface area (Å²) in [7, 11) is -4.10. The van der Waals surface area contributed by atoms with Crippen LogP contribution in [0.4, 0.5) is 21.5 Å². The second-order valence-corrected chi connectivity index (χ2v) is 13.9. The van der Waals surface area contributed by atoms with Gasteiger partial charge >= 0.3 is 13.6 Å². The minimum Gasteiger partial charge on any atom is -0.481 e. The fourth-order valence-corrected chi connectivity index (χ4v) is 6.37. The molecule has 4 N–H and O–H groups in total. The topological polar surface area (TPSA) is 203 Å². The molecular formula is C36H43ClFN4O11P. The zero-order valence-electron chi connectivity index (χ0n) is 30.1. The average Bonchev–Trinajstić information content (AvgIpc) is 3.38. The first-order valence-electron chi connectivity index (χ1n) is 16.9. The molecule has 2 aliphatic heterocycles. The van der Waals surface area contributed by atoms with Crippen LogP contribution in [0.2, 0.25) is 0 Å². The Balaban J connectivity index is 0.000000244. The van der Waals surface area contributed by atoms with Crippen molar-refractivity contribution in [1.29, 1.82) is 0 Å². The molecule has 2 aromatic carbocycles. The highest BCUT2D eigenvalue weighted by atomic mass is 35.5. The minimum atomic E-state index is -4.10. The predicted octanol–water partition coefficient (Wildman–Crippen LogP) is 3.85. The van der Waals surface area contributed by atoms with Crippen molar-refractivity contribution in [2.75, 3.05) is 59.9 Å². The molecule has 0 radical (unpaired) electrons. The molecule has 2 aromatic rings. The number of ether oxygens (including phenoxy) is 2. The number of halogens is 2. The predicted molar refractivity (Wildman–Crippen MR) is 199 cm³/mol. The molecule has 292 valence electrons. The van der Waals surface area contributed by atoms with Crippen LogP contribution in [0.1, 0.15) is 50.7 Å². The Morgan fingerprint density at radius 2 is 1.76 bits per heavy atom. The highest BCUT2D eigenvalue weighted by Crippen LogP contribution is 2.42. The lowest BCUT2D eigenvalue weighted by Crippen LogP contribution is -2.39. The molecule has 5 rings (SSSR count). The van der Waals surface area contributed by atoms with Gasteiger partial charge in [0.15, 0.2) is 12.4 Å². The Kier molecular flexibility index (Phi) is 16.4. The van der Waals surface area contributed by atoms with Crippen LogP contribution in [-0.2, 0) is 39.7 Å². The van der Waals surface area contributed by atoms with E-state index in [2.05, 4.69) is 18.2 Å². The fraction of sp³-hybridized carbons (Fsp3) is 0.417. The molecule has 2 heterocycles. The number of imide groups is 1. The normalized spacial score (nSPS) is 14.9. The number of alkyl halides is 1. The van der Waals surface area contributed by atoms with Gasteiger partial charge in [0.1, 0.15) is 18.4 Å². The first-order chi connectivity index (χ1) is 25.6. The Hall–Kier alpha value is -4.62. The molecular weight excluding hydrogens is 750 g/mol. The number of carbonyl (C=O) groups excluding carboxylic acids is 4. The molecule has 0 bridgehead atoms. The SMILES string of the molecule is C#CCN1C(=O)COc2cc(F)c(N3C(=O)C4=C(CCCC4)C3=O)cc21.CCOCN(C(=O)CCl)c1c(C)cccc1CC.O=C(O)CNCP(=O)(O)O. The quantitative estimate of drug-likeness (QED) is 0.0797. The van der Waals surface area contributed by atoms with Gasteiger partial charge in [-0.2, -0.15) is 0 Å². The van der Waals surface area contributed by atoms with Crippen LogP contribution < -0.4 is 24.8 Å². The fourth-order valence-electron chi connectivity index (χ4n) is 5.82. The van der Waals surface area contributed by atoms with Crippen LogP contribution in [0.3, 0.4) is 0 Å². The first kappa shape index (κ1) is 43.8. The molecule has 0 atom stereocenters. The number of benzene rings is 2. The van der Waals surface area contributed by atoms with Crippen molar-refractivity contribution in [2.24, 2.45) is 0 Å². The van der Waals surface area contributed by atoms with Gasteiger partial charge in [0.05, 0.1) is 36.4 Å². The van der Waals surface area contributed by atoms with E-state index in [-0.39, 0.29) is 54.7 Å². The third-order valence-corrected chi connectivity index (χ3v) is 9.12. The van der Waals surface area contributed by atoms with Crippen molar-refractivity contribution in [3.63, 3.8) is 0 Å². The number of terminal acetylenes is 1. The summed E-state index contributed by atoms with van der Waals surface area (Å²) >= 11 is 5.68. The van der Waals surface area contributed by atoms with Crippen molar-refractivity contribution in [3.8, 4) is 18.1 Å². The lowest BCUT2D eigenvalue weighted by Gasteiger charge is -2.29. The molecule has 54 heavy (non-hydrogen) atoms. The number of amides is 4. The van der Waals surface area contributed by atoms with Crippen molar-refractivity contribution in [1.82, 2.24) is 5.32 Å². The van der Waals surface area contributed by atoms with Crippen LogP contribution in [0.15, 0.2) is 41.5 Å². The maximum atomic E-state index is 14.7. The molecule has 0 saturated carbocycles. The van der Waals surface area contributed by atoms with Crippen molar-refractivity contribution >= 4 is 65.9 Å². The number of carboxylic acid groups (broad SMARTS) is 1. The summed E-state index contributed by atoms with van der Waals surface area (Å²) < 4.78 is 35.4. The molecule has 4 amide bonds. The van der Waals surface area contributed by atoms with E-state index in [0.29, 0.717) is 30.6 Å². The monoisotopic (exact) mass is 792 g/mol. The van der Waals surface area contributed by atoms with E-state index in [0.717, 1.165) is 47.0 Å². The molecule has 0 unspecified atom stereocenters. The Morgan fingerprint density at radius 1 is 1.11 bits per heavy atom. The Bertz CT molecular complexity index is 1850. The maximum Gasteiger partial charge on any atom is 0.339 e. The van der Waals surface area contributed by atoms with E-state index in [4.69, 9.17) is 42.4 Å². The largest absolute Gasteiger partial charge is 0.481 e. The van der Waals surface area contributed by atoms with Gasteiger partial charge < -0.3 is 24.4 Å². The molecule has 0 saturated heterocycles. The Labute approximate surface area is 317 Å². The first-order valence-corrected chi connectivity index (χ1v) is 19.2. The van der Waals surface area contributed by atoms with Gasteiger partial charge in [-0.1, -0.05) is 31.0 Å². The molecule has 18 heteroatoms. The molecule has 1 aliphatic carbocycles. The van der Waals surface area contributed by atoms with Crippen molar-refractivity contribution in [2.45, 2.75) is 52.9 Å². The van der Waals surface area contributed by atoms with Gasteiger partial charge in [-0.3, -0.25) is 43.7 Å². The second-order valence-electron chi connectivity index (χ2n) is 12.0. The van der Waals surface area contributed by atoms with E-state index >= 15 is 0 Å². The maximum absolute atomic E-state index is 14.7. The summed E-state index contributed by atoms with van der Waals surface area (Å²) in [4.78, 5) is 79.3. The number of aryl methyl sites for hydroxylation is 2. The number of nitrogens with zero attached hydrogens (tertiary/aromatic N) is 3. The Morgan fingerprint density at radius 3 is 2.30 bits per heavy atom. The second kappa shape index (κ2) is 20.2. The van der Waals surface area contributed by atoms with Gasteiger partial charge in [-0.05, 0) is 63.1 Å². The molecule has 0 aromatic heterocycles. The zero-order valence-corrected chi connectivity index (χ0v) is 31.8. The molecule has 15 nitrogen and oxygen atoms in total. The smallest absolute Gasteiger partial charge is 0.339 e. The van der Waals surface area contributed by atoms with E-state index in [9.17, 15) is 32.9 Å². The van der Waals surface area contributed by atoms with E-state index < -0.39 is 44.0 Å². The van der Waals surface area contributed by atoms with Gasteiger partial charge in [0.2, 0.25) is 5.91 Å². The van der Waals surface area contributed by atoms with E-state index in [1.807, 2.05) is 32.0 Å². The number of anilines is 3. The summed E-state index contributed by atoms with van der Waals surface area (Å²) in [6, 6.07) is 8.39. The lowest BCUT2D eigenvalue weighted by molar-refractivity contribution is -0.136. The van der Waals surface area contributed by atoms with E-state index in [1.165, 1.54) is 11.0 Å².